The molecule has 0 saturated carbocycles. The number of nitrogens with one attached hydrogen (secondary N) is 1. The number of alkyl halides is 6. The Kier molecular flexibility index (Phi) is 18.7. The number of urea groups is 3. The van der Waals surface area contributed by atoms with Gasteiger partial charge in [-0.15, -0.1) is 0 Å². The SMILES string of the molecule is NCC(F)(F)F.[2H]C([2H])([2H])Oc1ccc(N2C(=O)N(c3ccc4nc(C)n(C)c4c3)Cc3c(C)nc(NCC(F)(F)F)nc32)cc1.[2H]C([2H])([2H])Oc1ccc(N2C(=O)N(c3ccc4nc(C)n(C)c4c3)Cc3c(C)nc(S(C)(=O)=O)nc32)cc1.[2H]C([2H])([2H])Oc1ccc(N2C(=O)N(c3ccc4nc(C)n(C)c4c3)Cc3c(C)nc(SC)nc32)cc1. The van der Waals surface area contributed by atoms with Crippen LogP contribution in [0.3, 0.4) is 0 Å². The molecule has 0 radical (unpaired) electrons. The lowest BCUT2D eigenvalue weighted by molar-refractivity contribution is -0.118. The highest BCUT2D eigenvalue weighted by Gasteiger charge is 2.40. The van der Waals surface area contributed by atoms with Crippen LogP contribution in [0.4, 0.5) is 98.3 Å². The highest BCUT2D eigenvalue weighted by Crippen LogP contribution is 2.43. The number of sulfone groups is 1. The standard InChI is InChI=1S/C25H24F3N7O2.C24H24N6O4S.C24H24N6O2S.C2H4F3N/c1-14-19-12-34(17-7-10-20-21(11-17)33(3)15(2)31-20)24(36)35(16-5-8-18(37-4)9-6-16)22(19)32-23(30-14)29-13-25(26,27)28;1-14-19-13-29(17-8-11-20-21(12-17)28(3)15(2)26-20)24(31)30(16-6-9-18(34-4)10-7-16)22(19)27-23(25-14)35(5,32)33;1-14-19-13-29(17-8-11-20-21(12-17)28(3)15(2)26-20)24(31)30(22(19)27-23(25-14)33-5)16-6-9-18(32-4)10-7-16;3-2(4,5)1-6/h5-11H,12-13H2,1-4H3,(H,29,30,32);6-12H,13H2,1-5H3;6-12H,13H2,1-5H3;1,6H2/i3*4D3;. The maximum atomic E-state index is 14.0. The third-order valence-electron chi connectivity index (χ3n) is 18.4. The summed E-state index contributed by atoms with van der Waals surface area (Å²) in [5.41, 5.74) is 15.7. The lowest BCUT2D eigenvalue weighted by Gasteiger charge is -2.37. The van der Waals surface area contributed by atoms with E-state index in [4.69, 9.17) is 26.5 Å². The Hall–Kier alpha value is -12.2. The van der Waals surface area contributed by atoms with Crippen LogP contribution in [0.5, 0.6) is 17.2 Å². The quantitative estimate of drug-likeness (QED) is 0.0615. The van der Waals surface area contributed by atoms with Crippen LogP contribution in [-0.2, 0) is 50.6 Å². The van der Waals surface area contributed by atoms with Gasteiger partial charge in [-0.05, 0) is 175 Å². The van der Waals surface area contributed by atoms with Crippen LogP contribution in [0.25, 0.3) is 33.1 Å². The van der Waals surface area contributed by atoms with E-state index in [0.717, 1.165) is 73.8 Å². The molecular formula is C75H76F6N20O8S2. The molecule has 6 aromatic heterocycles. The van der Waals surface area contributed by atoms with Crippen LogP contribution < -0.4 is 54.7 Å². The first-order chi connectivity index (χ1) is 56.0. The number of carbonyl (C=O) groups is 3. The number of rotatable bonds is 13. The van der Waals surface area contributed by atoms with E-state index in [0.29, 0.717) is 68.5 Å². The molecule has 0 atom stereocenters. The smallest absolute Gasteiger partial charge is 0.405 e. The minimum atomic E-state index is -4.50. The molecule has 28 nitrogen and oxygen atoms in total. The highest BCUT2D eigenvalue weighted by molar-refractivity contribution is 7.98. The molecule has 6 amide bonds. The van der Waals surface area contributed by atoms with Crippen LogP contribution in [-0.4, -0.2) is 144 Å². The summed E-state index contributed by atoms with van der Waals surface area (Å²) in [5.74, 6) is 3.30. The van der Waals surface area contributed by atoms with Gasteiger partial charge in [-0.3, -0.25) is 14.7 Å². The van der Waals surface area contributed by atoms with E-state index in [1.54, 1.807) is 54.0 Å². The number of anilines is 10. The summed E-state index contributed by atoms with van der Waals surface area (Å²) >= 11 is 1.40. The van der Waals surface area contributed by atoms with Crippen molar-refractivity contribution >= 4 is 130 Å². The number of amides is 6. The second-order valence-electron chi connectivity index (χ2n) is 25.6. The number of fused-ring (bicyclic) bond motifs is 6. The fourth-order valence-electron chi connectivity index (χ4n) is 12.3. The van der Waals surface area contributed by atoms with Crippen molar-refractivity contribution in [1.29, 1.82) is 0 Å². The summed E-state index contributed by atoms with van der Waals surface area (Å²) < 4.78 is 182. The minimum Gasteiger partial charge on any atom is -0.497 e. The van der Waals surface area contributed by atoms with Gasteiger partial charge in [0.2, 0.25) is 20.9 Å². The highest BCUT2D eigenvalue weighted by atomic mass is 32.2. The zero-order chi connectivity index (χ0) is 87.5. The molecule has 36 heteroatoms. The van der Waals surface area contributed by atoms with Crippen molar-refractivity contribution in [1.82, 2.24) is 58.6 Å². The summed E-state index contributed by atoms with van der Waals surface area (Å²) in [7, 11) is -5.94. The number of ether oxygens (including phenoxy) is 3. The van der Waals surface area contributed by atoms with E-state index in [1.165, 1.54) is 92.0 Å². The fraction of sp³-hybridized carbons (Fsp3) is 0.280. The lowest BCUT2D eigenvalue weighted by atomic mass is 10.1. The van der Waals surface area contributed by atoms with Crippen LogP contribution in [0.1, 0.15) is 63.6 Å². The van der Waals surface area contributed by atoms with E-state index in [1.807, 2.05) is 105 Å². The Bertz CT molecular complexity index is 6080. The first kappa shape index (κ1) is 67.0. The number of aryl methyl sites for hydroxylation is 9. The van der Waals surface area contributed by atoms with Crippen molar-refractivity contribution in [2.45, 2.75) is 83.8 Å². The van der Waals surface area contributed by atoms with Gasteiger partial charge in [0.15, 0.2) is 22.6 Å². The Balaban J connectivity index is 0.000000159. The number of aromatic nitrogens is 12. The zero-order valence-electron chi connectivity index (χ0n) is 70.1. The van der Waals surface area contributed by atoms with E-state index in [-0.39, 0.29) is 54.0 Å². The molecule has 0 spiro atoms. The van der Waals surface area contributed by atoms with Crippen molar-refractivity contribution in [3.05, 3.63) is 179 Å². The van der Waals surface area contributed by atoms with Crippen molar-refractivity contribution in [3.63, 3.8) is 0 Å². The molecule has 3 aliphatic heterocycles. The van der Waals surface area contributed by atoms with Gasteiger partial charge in [0, 0.05) is 72.5 Å². The molecule has 578 valence electrons. The number of nitrogens with zero attached hydrogens (tertiary/aromatic N) is 18. The Morgan fingerprint density at radius 1 is 0.468 bits per heavy atom. The summed E-state index contributed by atoms with van der Waals surface area (Å²) in [6.45, 7) is 8.83. The average molecular weight is 1570 g/mol. The van der Waals surface area contributed by atoms with Gasteiger partial charge in [-0.1, -0.05) is 11.8 Å². The number of carbonyl (C=O) groups excluding carboxylic acids is 3. The molecule has 12 aromatic rings. The molecule has 9 heterocycles. The molecule has 6 aromatic carbocycles. The molecule has 15 rings (SSSR count). The van der Waals surface area contributed by atoms with E-state index in [9.17, 15) is 49.1 Å². The molecule has 0 aliphatic carbocycles. The number of imidazole rings is 3. The van der Waals surface area contributed by atoms with Gasteiger partial charge in [-0.2, -0.15) is 36.3 Å². The van der Waals surface area contributed by atoms with Gasteiger partial charge in [-0.25, -0.2) is 72.4 Å². The minimum absolute atomic E-state index is 0.0497. The maximum absolute atomic E-state index is 14.0. The van der Waals surface area contributed by atoms with Gasteiger partial charge in [0.25, 0.3) is 0 Å². The Labute approximate surface area is 650 Å². The fourth-order valence-corrected chi connectivity index (χ4v) is 13.3. The normalized spacial score (nSPS) is 15.2. The maximum Gasteiger partial charge on any atom is 0.405 e. The summed E-state index contributed by atoms with van der Waals surface area (Å²) in [5, 5.41) is 2.35. The van der Waals surface area contributed by atoms with Gasteiger partial charge >= 0.3 is 30.4 Å². The second-order valence-corrected chi connectivity index (χ2v) is 28.2. The van der Waals surface area contributed by atoms with Crippen molar-refractivity contribution in [2.75, 3.05) is 81.4 Å². The number of hydrogen-bond acceptors (Lipinski definition) is 20. The molecule has 111 heavy (non-hydrogen) atoms. The molecular weight excluding hydrogens is 1490 g/mol. The second kappa shape index (κ2) is 31.1. The number of hydrogen-bond donors (Lipinski definition) is 2. The molecule has 3 N–H and O–H groups in total. The zero-order valence-corrected chi connectivity index (χ0v) is 62.8. The average Bonchev–Trinajstić information content (AvgIpc) is 0.774. The number of benzene rings is 6. The monoisotopic (exact) mass is 1570 g/mol. The van der Waals surface area contributed by atoms with Crippen LogP contribution in [0, 0.1) is 41.5 Å². The predicted octanol–water partition coefficient (Wildman–Crippen LogP) is 14.4. The van der Waals surface area contributed by atoms with Gasteiger partial charge < -0.3 is 39.0 Å². The topological polar surface area (TPSA) is 301 Å². The largest absolute Gasteiger partial charge is 0.497 e. The summed E-state index contributed by atoms with van der Waals surface area (Å²) in [6, 6.07) is 33.3. The van der Waals surface area contributed by atoms with Crippen molar-refractivity contribution in [3.8, 4) is 17.2 Å². The van der Waals surface area contributed by atoms with Crippen LogP contribution in [0.2, 0.25) is 0 Å². The predicted molar refractivity (Wildman–Crippen MR) is 411 cm³/mol. The van der Waals surface area contributed by atoms with E-state index >= 15 is 0 Å². The number of nitrogens with two attached hydrogens (primary N) is 1. The summed E-state index contributed by atoms with van der Waals surface area (Å²) in [4.78, 5) is 90.6. The van der Waals surface area contributed by atoms with Crippen LogP contribution in [0.15, 0.2) is 138 Å². The molecule has 0 bridgehead atoms. The molecule has 0 fully saturated rings. The third kappa shape index (κ3) is 16.2. The summed E-state index contributed by atoms with van der Waals surface area (Å²) in [6.07, 6.45) is -5.79. The molecule has 0 saturated heterocycles. The van der Waals surface area contributed by atoms with E-state index in [2.05, 4.69) is 55.9 Å². The van der Waals surface area contributed by atoms with Crippen molar-refractivity contribution in [2.24, 2.45) is 26.9 Å². The van der Waals surface area contributed by atoms with Gasteiger partial charge in [0.05, 0.1) is 115 Å². The lowest BCUT2D eigenvalue weighted by Crippen LogP contribution is -2.46. The molecule has 3 aliphatic rings. The third-order valence-corrected chi connectivity index (χ3v) is 19.8. The van der Waals surface area contributed by atoms with Crippen molar-refractivity contribution < 1.29 is 75.7 Å². The van der Waals surface area contributed by atoms with Gasteiger partial charge in [0.1, 0.15) is 41.3 Å². The number of methoxy groups -OCH3 is 3. The Morgan fingerprint density at radius 3 is 1.12 bits per heavy atom. The van der Waals surface area contributed by atoms with E-state index < -0.39 is 73.6 Å². The number of halogens is 6. The first-order valence-corrected chi connectivity index (χ1v) is 36.6. The van der Waals surface area contributed by atoms with Crippen LogP contribution >= 0.6 is 11.8 Å². The molecule has 0 unspecified atom stereocenters. The Morgan fingerprint density at radius 2 is 0.793 bits per heavy atom. The first-order valence-electron chi connectivity index (χ1n) is 38.0. The number of thioether (sulfide) groups is 1.